The van der Waals surface area contributed by atoms with Crippen molar-refractivity contribution >= 4 is 34.8 Å². The van der Waals surface area contributed by atoms with Crippen LogP contribution in [0.3, 0.4) is 0 Å². The topological polar surface area (TPSA) is 0 Å². The molecule has 0 heterocycles. The highest BCUT2D eigenvalue weighted by atomic mass is 35.5. The summed E-state index contributed by atoms with van der Waals surface area (Å²) in [6.07, 6.45) is 0. The SMILES string of the molecule is Cc1cc(Cl)cc(-c2ccc(Cl)cc2Cl)c1. The molecule has 0 nitrogen and oxygen atoms in total. The van der Waals surface area contributed by atoms with Crippen molar-refractivity contribution in [2.45, 2.75) is 6.92 Å². The minimum absolute atomic E-state index is 0.632. The average Bonchev–Trinajstić information content (AvgIpc) is 2.15. The van der Waals surface area contributed by atoms with E-state index < -0.39 is 0 Å². The van der Waals surface area contributed by atoms with E-state index >= 15 is 0 Å². The van der Waals surface area contributed by atoms with E-state index in [-0.39, 0.29) is 0 Å². The quantitative estimate of drug-likeness (QED) is 0.631. The van der Waals surface area contributed by atoms with Gasteiger partial charge in [0.1, 0.15) is 0 Å². The van der Waals surface area contributed by atoms with Gasteiger partial charge in [0.05, 0.1) is 0 Å². The molecule has 0 amide bonds. The van der Waals surface area contributed by atoms with Gasteiger partial charge in [0.25, 0.3) is 0 Å². The molecule has 0 aliphatic carbocycles. The molecular weight excluding hydrogens is 263 g/mol. The maximum Gasteiger partial charge on any atom is 0.0499 e. The van der Waals surface area contributed by atoms with Gasteiger partial charge in [-0.25, -0.2) is 0 Å². The molecular formula is C13H9Cl3. The molecule has 0 atom stereocenters. The minimum Gasteiger partial charge on any atom is -0.0843 e. The van der Waals surface area contributed by atoms with Crippen LogP contribution in [0.25, 0.3) is 11.1 Å². The third-order valence-corrected chi connectivity index (χ3v) is 3.05. The van der Waals surface area contributed by atoms with Crippen molar-refractivity contribution in [3.05, 3.63) is 57.0 Å². The van der Waals surface area contributed by atoms with Crippen molar-refractivity contribution in [3.8, 4) is 11.1 Å². The third kappa shape index (κ3) is 2.52. The number of aryl methyl sites for hydroxylation is 1. The largest absolute Gasteiger partial charge is 0.0843 e. The van der Waals surface area contributed by atoms with E-state index in [0.717, 1.165) is 16.7 Å². The molecule has 0 bridgehead atoms. The van der Waals surface area contributed by atoms with Crippen molar-refractivity contribution in [1.82, 2.24) is 0 Å². The summed E-state index contributed by atoms with van der Waals surface area (Å²) in [5.74, 6) is 0. The first kappa shape index (κ1) is 11.8. The van der Waals surface area contributed by atoms with E-state index in [1.54, 1.807) is 6.07 Å². The summed E-state index contributed by atoms with van der Waals surface area (Å²) < 4.78 is 0. The summed E-state index contributed by atoms with van der Waals surface area (Å²) in [5.41, 5.74) is 3.05. The lowest BCUT2D eigenvalue weighted by Crippen LogP contribution is -1.82. The average molecular weight is 272 g/mol. The fourth-order valence-electron chi connectivity index (χ4n) is 1.62. The predicted molar refractivity (Wildman–Crippen MR) is 71.6 cm³/mol. The van der Waals surface area contributed by atoms with Gasteiger partial charge >= 0.3 is 0 Å². The van der Waals surface area contributed by atoms with Crippen LogP contribution in [-0.4, -0.2) is 0 Å². The van der Waals surface area contributed by atoms with Crippen LogP contribution in [0.1, 0.15) is 5.56 Å². The summed E-state index contributed by atoms with van der Waals surface area (Å²) in [6.45, 7) is 2.00. The van der Waals surface area contributed by atoms with Crippen molar-refractivity contribution in [1.29, 1.82) is 0 Å². The number of hydrogen-bond acceptors (Lipinski definition) is 0. The molecule has 0 fully saturated rings. The lowest BCUT2D eigenvalue weighted by atomic mass is 10.0. The second-order valence-electron chi connectivity index (χ2n) is 3.64. The van der Waals surface area contributed by atoms with Crippen LogP contribution in [0.4, 0.5) is 0 Å². The molecule has 0 radical (unpaired) electrons. The molecule has 0 N–H and O–H groups in total. The maximum atomic E-state index is 6.14. The fraction of sp³-hybridized carbons (Fsp3) is 0.0769. The van der Waals surface area contributed by atoms with Crippen molar-refractivity contribution in [2.24, 2.45) is 0 Å². The Hall–Kier alpha value is -0.690. The lowest BCUT2D eigenvalue weighted by molar-refractivity contribution is 1.47. The van der Waals surface area contributed by atoms with E-state index in [4.69, 9.17) is 34.8 Å². The molecule has 16 heavy (non-hydrogen) atoms. The second kappa shape index (κ2) is 4.67. The summed E-state index contributed by atoms with van der Waals surface area (Å²) >= 11 is 18.0. The van der Waals surface area contributed by atoms with Crippen LogP contribution >= 0.6 is 34.8 Å². The molecule has 2 rings (SSSR count). The van der Waals surface area contributed by atoms with Gasteiger partial charge in [-0.05, 0) is 42.3 Å². The first-order valence-electron chi connectivity index (χ1n) is 4.79. The highest BCUT2D eigenvalue weighted by molar-refractivity contribution is 6.36. The van der Waals surface area contributed by atoms with E-state index in [1.165, 1.54) is 0 Å². The van der Waals surface area contributed by atoms with Gasteiger partial charge in [-0.2, -0.15) is 0 Å². The Balaban J connectivity index is 2.58. The number of hydrogen-bond donors (Lipinski definition) is 0. The second-order valence-corrected chi connectivity index (χ2v) is 4.92. The first-order chi connectivity index (χ1) is 7.56. The van der Waals surface area contributed by atoms with E-state index in [1.807, 2.05) is 37.3 Å². The molecule has 0 unspecified atom stereocenters. The Morgan fingerprint density at radius 1 is 0.812 bits per heavy atom. The molecule has 0 aliphatic heterocycles. The van der Waals surface area contributed by atoms with Crippen molar-refractivity contribution < 1.29 is 0 Å². The van der Waals surface area contributed by atoms with Gasteiger partial charge in [-0.15, -0.1) is 0 Å². The molecule has 0 saturated heterocycles. The van der Waals surface area contributed by atoms with Gasteiger partial charge in [-0.3, -0.25) is 0 Å². The summed E-state index contributed by atoms with van der Waals surface area (Å²) in [6, 6.07) is 11.3. The fourth-order valence-corrected chi connectivity index (χ4v) is 2.42. The smallest absolute Gasteiger partial charge is 0.0499 e. The minimum atomic E-state index is 0.632. The van der Waals surface area contributed by atoms with Crippen LogP contribution in [-0.2, 0) is 0 Å². The molecule has 0 saturated carbocycles. The Kier molecular flexibility index (Phi) is 3.44. The Morgan fingerprint density at radius 2 is 1.56 bits per heavy atom. The monoisotopic (exact) mass is 270 g/mol. The Labute approximate surface area is 110 Å². The van der Waals surface area contributed by atoms with E-state index in [0.29, 0.717) is 15.1 Å². The van der Waals surface area contributed by atoms with Crippen LogP contribution in [0.5, 0.6) is 0 Å². The standard InChI is InChI=1S/C13H9Cl3/c1-8-4-9(6-11(15)5-8)12-3-2-10(14)7-13(12)16/h2-7H,1H3. The zero-order valence-electron chi connectivity index (χ0n) is 8.60. The van der Waals surface area contributed by atoms with Crippen LogP contribution < -0.4 is 0 Å². The molecule has 2 aromatic carbocycles. The summed E-state index contributed by atoms with van der Waals surface area (Å²) in [5, 5.41) is 1.97. The molecule has 0 aromatic heterocycles. The number of rotatable bonds is 1. The van der Waals surface area contributed by atoms with Crippen molar-refractivity contribution in [2.75, 3.05) is 0 Å². The highest BCUT2D eigenvalue weighted by Crippen LogP contribution is 2.32. The lowest BCUT2D eigenvalue weighted by Gasteiger charge is -2.07. The van der Waals surface area contributed by atoms with Crippen LogP contribution in [0, 0.1) is 6.92 Å². The van der Waals surface area contributed by atoms with Gasteiger partial charge in [0, 0.05) is 20.6 Å². The molecule has 82 valence electrons. The normalized spacial score (nSPS) is 10.5. The van der Waals surface area contributed by atoms with Gasteiger partial charge in [0.15, 0.2) is 0 Å². The van der Waals surface area contributed by atoms with Gasteiger partial charge in [0.2, 0.25) is 0 Å². The zero-order chi connectivity index (χ0) is 11.7. The zero-order valence-corrected chi connectivity index (χ0v) is 10.9. The molecule has 0 aliphatic rings. The van der Waals surface area contributed by atoms with E-state index in [9.17, 15) is 0 Å². The Morgan fingerprint density at radius 3 is 2.19 bits per heavy atom. The first-order valence-corrected chi connectivity index (χ1v) is 5.92. The molecule has 0 spiro atoms. The predicted octanol–water partition coefficient (Wildman–Crippen LogP) is 5.62. The maximum absolute atomic E-state index is 6.14. The van der Waals surface area contributed by atoms with E-state index in [2.05, 4.69) is 0 Å². The van der Waals surface area contributed by atoms with Crippen molar-refractivity contribution in [3.63, 3.8) is 0 Å². The third-order valence-electron chi connectivity index (χ3n) is 2.28. The summed E-state index contributed by atoms with van der Waals surface area (Å²) in [7, 11) is 0. The van der Waals surface area contributed by atoms with Crippen LogP contribution in [0.2, 0.25) is 15.1 Å². The van der Waals surface area contributed by atoms with Gasteiger partial charge in [-0.1, -0.05) is 46.9 Å². The number of benzene rings is 2. The van der Waals surface area contributed by atoms with Crippen LogP contribution in [0.15, 0.2) is 36.4 Å². The summed E-state index contributed by atoms with van der Waals surface area (Å²) in [4.78, 5) is 0. The molecule has 3 heteroatoms. The number of halogens is 3. The molecule has 2 aromatic rings. The Bertz CT molecular complexity index is 512. The highest BCUT2D eigenvalue weighted by Gasteiger charge is 2.05. The van der Waals surface area contributed by atoms with Gasteiger partial charge < -0.3 is 0 Å².